The third-order valence-corrected chi connectivity index (χ3v) is 3.10. The van der Waals surface area contributed by atoms with Crippen LogP contribution in [0.4, 0.5) is 5.69 Å². The molecule has 0 aliphatic rings. The highest BCUT2D eigenvalue weighted by Crippen LogP contribution is 2.24. The Morgan fingerprint density at radius 2 is 1.86 bits per heavy atom. The molecule has 1 aromatic carbocycles. The lowest BCUT2D eigenvalue weighted by Gasteiger charge is -2.25. The number of hydrogen-bond acceptors (Lipinski definition) is 3. The molecule has 0 saturated carbocycles. The van der Waals surface area contributed by atoms with Crippen LogP contribution >= 0.6 is 0 Å². The Labute approximate surface area is 130 Å². The van der Waals surface area contributed by atoms with Gasteiger partial charge in [-0.05, 0) is 32.9 Å². The molecule has 5 heteroatoms. The summed E-state index contributed by atoms with van der Waals surface area (Å²) in [5.41, 5.74) is 1.02. The molecule has 2 amide bonds. The molecule has 0 bridgehead atoms. The van der Waals surface area contributed by atoms with Gasteiger partial charge in [0, 0.05) is 24.0 Å². The lowest BCUT2D eigenvalue weighted by atomic mass is 10.1. The Morgan fingerprint density at radius 1 is 1.18 bits per heavy atom. The van der Waals surface area contributed by atoms with Crippen LogP contribution in [0.5, 0.6) is 0 Å². The van der Waals surface area contributed by atoms with E-state index < -0.39 is 0 Å². The van der Waals surface area contributed by atoms with Crippen molar-refractivity contribution in [2.75, 3.05) is 11.4 Å². The lowest BCUT2D eigenvalue weighted by molar-refractivity contribution is -0.124. The van der Waals surface area contributed by atoms with Crippen LogP contribution in [-0.2, 0) is 9.59 Å². The quantitative estimate of drug-likeness (QED) is 0.947. The van der Waals surface area contributed by atoms with Crippen LogP contribution in [-0.4, -0.2) is 28.9 Å². The summed E-state index contributed by atoms with van der Waals surface area (Å²) in [6, 6.07) is 9.37. The van der Waals surface area contributed by atoms with Gasteiger partial charge in [-0.3, -0.25) is 14.6 Å². The Balaban J connectivity index is 2.35. The third kappa shape index (κ3) is 3.81. The number of nitrogens with zero attached hydrogens (tertiary/aromatic N) is 2. The molecule has 0 saturated heterocycles. The number of fused-ring (bicyclic) bond motifs is 1. The smallest absolute Gasteiger partial charge is 0.240 e. The summed E-state index contributed by atoms with van der Waals surface area (Å²) < 4.78 is 0. The Hall–Kier alpha value is -2.43. The fraction of sp³-hybridized carbons (Fsp3) is 0.353. The molecule has 2 rings (SSSR count). The molecule has 0 atom stereocenters. The minimum atomic E-state index is -0.337. The maximum atomic E-state index is 12.2. The van der Waals surface area contributed by atoms with Crippen molar-refractivity contribution in [2.24, 2.45) is 0 Å². The summed E-state index contributed by atoms with van der Waals surface area (Å²) in [6.45, 7) is 7.14. The van der Waals surface area contributed by atoms with Crippen LogP contribution in [0, 0.1) is 0 Å². The first-order valence-electron chi connectivity index (χ1n) is 7.21. The molecule has 0 spiro atoms. The summed E-state index contributed by atoms with van der Waals surface area (Å²) in [7, 11) is 0. The van der Waals surface area contributed by atoms with E-state index in [1.54, 1.807) is 12.3 Å². The number of carbonyl (C=O) groups excluding carboxylic acids is 2. The minimum absolute atomic E-state index is 0.0255. The summed E-state index contributed by atoms with van der Waals surface area (Å²) in [5, 5.41) is 3.80. The van der Waals surface area contributed by atoms with Crippen molar-refractivity contribution in [3.05, 3.63) is 36.5 Å². The average Bonchev–Trinajstić information content (AvgIpc) is 2.42. The molecular weight excluding hydrogens is 278 g/mol. The minimum Gasteiger partial charge on any atom is -0.350 e. The van der Waals surface area contributed by atoms with Gasteiger partial charge in [-0.25, -0.2) is 0 Å². The van der Waals surface area contributed by atoms with Gasteiger partial charge in [-0.2, -0.15) is 0 Å². The average molecular weight is 299 g/mol. The normalized spacial score (nSPS) is 11.3. The number of benzene rings is 1. The van der Waals surface area contributed by atoms with E-state index in [0.717, 1.165) is 5.39 Å². The Kier molecular flexibility index (Phi) is 4.45. The van der Waals surface area contributed by atoms with Crippen molar-refractivity contribution < 1.29 is 9.59 Å². The van der Waals surface area contributed by atoms with Gasteiger partial charge in [0.2, 0.25) is 11.8 Å². The molecule has 0 radical (unpaired) electrons. The number of carbonyl (C=O) groups is 2. The first-order valence-corrected chi connectivity index (χ1v) is 7.21. The van der Waals surface area contributed by atoms with Crippen molar-refractivity contribution in [1.82, 2.24) is 10.3 Å². The van der Waals surface area contributed by atoms with Gasteiger partial charge in [0.1, 0.15) is 6.54 Å². The van der Waals surface area contributed by atoms with Gasteiger partial charge in [-0.15, -0.1) is 0 Å². The van der Waals surface area contributed by atoms with E-state index in [-0.39, 0.29) is 23.9 Å². The predicted octanol–water partition coefficient (Wildman–Crippen LogP) is 2.50. The van der Waals surface area contributed by atoms with E-state index in [1.807, 2.05) is 45.0 Å². The molecule has 1 aromatic heterocycles. The van der Waals surface area contributed by atoms with Crippen molar-refractivity contribution in [1.29, 1.82) is 0 Å². The largest absolute Gasteiger partial charge is 0.350 e. The number of para-hydroxylation sites is 1. The second-order valence-electron chi connectivity index (χ2n) is 6.26. The number of anilines is 1. The molecule has 5 nitrogen and oxygen atoms in total. The molecule has 0 aliphatic heterocycles. The van der Waals surface area contributed by atoms with E-state index in [9.17, 15) is 9.59 Å². The number of nitrogens with one attached hydrogen (secondary N) is 1. The Morgan fingerprint density at radius 3 is 2.50 bits per heavy atom. The first-order chi connectivity index (χ1) is 10.3. The van der Waals surface area contributed by atoms with Crippen LogP contribution < -0.4 is 10.2 Å². The summed E-state index contributed by atoms with van der Waals surface area (Å²) >= 11 is 0. The summed E-state index contributed by atoms with van der Waals surface area (Å²) in [6.07, 6.45) is 1.68. The van der Waals surface area contributed by atoms with Gasteiger partial charge >= 0.3 is 0 Å². The molecule has 22 heavy (non-hydrogen) atoms. The highest BCUT2D eigenvalue weighted by molar-refractivity contribution is 6.04. The van der Waals surface area contributed by atoms with Crippen LogP contribution in [0.15, 0.2) is 36.5 Å². The Bertz CT molecular complexity index is 699. The predicted molar refractivity (Wildman–Crippen MR) is 87.7 cm³/mol. The lowest BCUT2D eigenvalue weighted by Crippen LogP contribution is -2.47. The van der Waals surface area contributed by atoms with Crippen LogP contribution in [0.3, 0.4) is 0 Å². The summed E-state index contributed by atoms with van der Waals surface area (Å²) in [5.74, 6) is -0.391. The van der Waals surface area contributed by atoms with E-state index in [0.29, 0.717) is 11.2 Å². The van der Waals surface area contributed by atoms with Gasteiger partial charge in [-0.1, -0.05) is 18.2 Å². The molecular formula is C17H21N3O2. The van der Waals surface area contributed by atoms with Gasteiger partial charge in [0.15, 0.2) is 0 Å². The molecule has 0 fully saturated rings. The fourth-order valence-electron chi connectivity index (χ4n) is 2.27. The zero-order chi connectivity index (χ0) is 16.3. The van der Waals surface area contributed by atoms with Crippen molar-refractivity contribution in [3.63, 3.8) is 0 Å². The van der Waals surface area contributed by atoms with E-state index in [2.05, 4.69) is 10.3 Å². The molecule has 0 unspecified atom stereocenters. The molecule has 1 heterocycles. The van der Waals surface area contributed by atoms with Crippen LogP contribution in [0.1, 0.15) is 27.7 Å². The van der Waals surface area contributed by atoms with E-state index in [1.165, 1.54) is 11.8 Å². The van der Waals surface area contributed by atoms with Crippen molar-refractivity contribution in [3.8, 4) is 0 Å². The maximum Gasteiger partial charge on any atom is 0.240 e. The number of rotatable bonds is 3. The van der Waals surface area contributed by atoms with Gasteiger partial charge in [0.25, 0.3) is 0 Å². The van der Waals surface area contributed by atoms with Crippen LogP contribution in [0.25, 0.3) is 10.9 Å². The molecule has 1 N–H and O–H groups in total. The number of aromatic nitrogens is 1. The van der Waals surface area contributed by atoms with Gasteiger partial charge in [0.05, 0.1) is 11.2 Å². The zero-order valence-corrected chi connectivity index (χ0v) is 13.4. The van der Waals surface area contributed by atoms with E-state index >= 15 is 0 Å². The highest BCUT2D eigenvalue weighted by atomic mass is 16.2. The molecule has 0 aliphatic carbocycles. The number of pyridine rings is 1. The number of amides is 2. The second-order valence-corrected chi connectivity index (χ2v) is 6.26. The SMILES string of the molecule is CC(=O)N(CC(=O)NC(C)(C)C)c1cccc2cccnc12. The van der Waals surface area contributed by atoms with E-state index in [4.69, 9.17) is 0 Å². The molecule has 2 aromatic rings. The summed E-state index contributed by atoms with van der Waals surface area (Å²) in [4.78, 5) is 30.0. The van der Waals surface area contributed by atoms with Crippen LogP contribution in [0.2, 0.25) is 0 Å². The third-order valence-electron chi connectivity index (χ3n) is 3.10. The zero-order valence-electron chi connectivity index (χ0n) is 13.4. The number of hydrogen-bond donors (Lipinski definition) is 1. The maximum absolute atomic E-state index is 12.2. The fourth-order valence-corrected chi connectivity index (χ4v) is 2.27. The second kappa shape index (κ2) is 6.13. The first kappa shape index (κ1) is 15.9. The van der Waals surface area contributed by atoms with Crippen molar-refractivity contribution >= 4 is 28.4 Å². The highest BCUT2D eigenvalue weighted by Gasteiger charge is 2.21. The van der Waals surface area contributed by atoms with Gasteiger partial charge < -0.3 is 10.2 Å². The standard InChI is InChI=1S/C17H21N3O2/c1-12(21)20(11-15(22)19-17(2,3)4)14-9-5-7-13-8-6-10-18-16(13)14/h5-10H,11H2,1-4H3,(H,19,22). The van der Waals surface area contributed by atoms with Crippen molar-refractivity contribution in [2.45, 2.75) is 33.2 Å². The molecule has 116 valence electrons. The topological polar surface area (TPSA) is 62.3 Å². The monoisotopic (exact) mass is 299 g/mol.